The van der Waals surface area contributed by atoms with Gasteiger partial charge in [-0.2, -0.15) is 11.8 Å². The molecule has 0 N–H and O–H groups in total. The molecule has 4 nitrogen and oxygen atoms in total. The van der Waals surface area contributed by atoms with Crippen LogP contribution in [-0.2, 0) is 26.1 Å². The van der Waals surface area contributed by atoms with Crippen LogP contribution in [0.1, 0.15) is 6.42 Å². The van der Waals surface area contributed by atoms with E-state index >= 15 is 0 Å². The van der Waals surface area contributed by atoms with Gasteiger partial charge in [-0.15, -0.1) is 0 Å². The molecular formula is C26H25O4PS4. The molecule has 35 heavy (non-hydrogen) atoms. The highest BCUT2D eigenvalue weighted by Crippen LogP contribution is 2.72. The van der Waals surface area contributed by atoms with Gasteiger partial charge in [-0.1, -0.05) is 89.7 Å². The summed E-state index contributed by atoms with van der Waals surface area (Å²) < 4.78 is 8.29. The molecule has 0 aromatic heterocycles. The fourth-order valence-corrected chi connectivity index (χ4v) is 13.0. The van der Waals surface area contributed by atoms with Crippen molar-refractivity contribution in [2.75, 3.05) is 18.1 Å². The number of thioether (sulfide) groups is 1. The van der Waals surface area contributed by atoms with E-state index in [2.05, 4.69) is 30.8 Å². The average molecular weight is 561 g/mol. The third-order valence-corrected chi connectivity index (χ3v) is 15.0. The van der Waals surface area contributed by atoms with E-state index in [4.69, 9.17) is 21.3 Å². The maximum atomic E-state index is 12.1. The molecule has 0 amide bonds. The predicted molar refractivity (Wildman–Crippen MR) is 154 cm³/mol. The first-order valence-electron chi connectivity index (χ1n) is 10.8. The lowest BCUT2D eigenvalue weighted by Crippen LogP contribution is -2.09. The number of hydrogen-bond donors (Lipinski definition) is 0. The van der Waals surface area contributed by atoms with Crippen LogP contribution < -0.4 is 10.0 Å². The minimum atomic E-state index is -2.07. The van der Waals surface area contributed by atoms with E-state index in [0.717, 1.165) is 21.2 Å². The summed E-state index contributed by atoms with van der Waals surface area (Å²) >= 11 is 11.2. The van der Waals surface area contributed by atoms with Crippen molar-refractivity contribution in [2.24, 2.45) is 0 Å². The molecule has 1 unspecified atom stereocenters. The Labute approximate surface area is 223 Å². The summed E-state index contributed by atoms with van der Waals surface area (Å²) in [5.41, 5.74) is 0. The number of carbonyl (C=O) groups is 2. The predicted octanol–water partition coefficient (Wildman–Crippen LogP) is 6.96. The van der Waals surface area contributed by atoms with Gasteiger partial charge >= 0.3 is 11.9 Å². The fourth-order valence-electron chi connectivity index (χ4n) is 2.76. The Kier molecular flexibility index (Phi) is 11.5. The largest absolute Gasteiger partial charge is 0.462 e. The standard InChI is InChI=1S/C26H25O4PS4/c1-2-25(27)29-18-20-33-19-17-26(28)30-21-13-15-24(16-14-21)35-31(32,22-9-5-3-6-10-22)34-23-11-7-4-8-12-23/h2-16H,1,17-20H2. The number of carbonyl (C=O) groups excluding carboxylic acids is 2. The Balaban J connectivity index is 1.55. The van der Waals surface area contributed by atoms with Crippen LogP contribution >= 0.6 is 39.0 Å². The van der Waals surface area contributed by atoms with Crippen LogP contribution in [0.25, 0.3) is 0 Å². The van der Waals surface area contributed by atoms with Gasteiger partial charge < -0.3 is 9.47 Å². The molecular weight excluding hydrogens is 536 g/mol. The fraction of sp³-hybridized carbons (Fsp3) is 0.154. The number of benzene rings is 3. The third-order valence-electron chi connectivity index (χ3n) is 4.41. The SMILES string of the molecule is C=CC(=O)OCCSCCC(=O)Oc1ccc(SP(=S)(Sc2ccccc2)c2ccccc2)cc1. The molecule has 0 bridgehead atoms. The monoisotopic (exact) mass is 560 g/mol. The molecule has 182 valence electrons. The van der Waals surface area contributed by atoms with Gasteiger partial charge in [-0.05, 0) is 36.4 Å². The maximum absolute atomic E-state index is 12.1. The Morgan fingerprint density at radius 2 is 1.46 bits per heavy atom. The van der Waals surface area contributed by atoms with Crippen LogP contribution in [-0.4, -0.2) is 30.1 Å². The summed E-state index contributed by atoms with van der Waals surface area (Å²) in [5, 5.41) is 1.15. The minimum Gasteiger partial charge on any atom is -0.462 e. The van der Waals surface area contributed by atoms with Crippen LogP contribution in [0.3, 0.4) is 0 Å². The van der Waals surface area contributed by atoms with Crippen LogP contribution in [0.2, 0.25) is 0 Å². The Hall–Kier alpha value is -1.96. The van der Waals surface area contributed by atoms with Crippen molar-refractivity contribution in [1.82, 2.24) is 0 Å². The van der Waals surface area contributed by atoms with E-state index in [1.165, 1.54) is 11.8 Å². The molecule has 0 aliphatic heterocycles. The molecule has 0 saturated carbocycles. The van der Waals surface area contributed by atoms with Gasteiger partial charge in [0.25, 0.3) is 0 Å². The number of ether oxygens (including phenoxy) is 2. The lowest BCUT2D eigenvalue weighted by molar-refractivity contribution is -0.137. The minimum absolute atomic E-state index is 0.277. The topological polar surface area (TPSA) is 52.6 Å². The molecule has 3 aromatic rings. The summed E-state index contributed by atoms with van der Waals surface area (Å²) in [6.07, 6.45) is 1.41. The molecule has 1 atom stereocenters. The zero-order chi connectivity index (χ0) is 24.9. The van der Waals surface area contributed by atoms with E-state index < -0.39 is 10.4 Å². The highest BCUT2D eigenvalue weighted by molar-refractivity contribution is 9.02. The first-order valence-corrected chi connectivity index (χ1v) is 17.6. The molecule has 0 radical (unpaired) electrons. The van der Waals surface area contributed by atoms with Crippen LogP contribution in [0.4, 0.5) is 0 Å². The van der Waals surface area contributed by atoms with Crippen LogP contribution in [0.5, 0.6) is 5.75 Å². The van der Waals surface area contributed by atoms with Crippen molar-refractivity contribution < 1.29 is 19.1 Å². The summed E-state index contributed by atoms with van der Waals surface area (Å²) in [5.74, 6) is 0.981. The summed E-state index contributed by atoms with van der Waals surface area (Å²) in [6.45, 7) is 3.64. The molecule has 0 spiro atoms. The highest BCUT2D eigenvalue weighted by Gasteiger charge is 2.23. The molecule has 0 aliphatic carbocycles. The van der Waals surface area contributed by atoms with E-state index in [9.17, 15) is 9.59 Å². The normalized spacial score (nSPS) is 12.3. The second-order valence-electron chi connectivity index (χ2n) is 7.01. The van der Waals surface area contributed by atoms with Gasteiger partial charge in [0.1, 0.15) is 12.4 Å². The Morgan fingerprint density at radius 1 is 0.857 bits per heavy atom. The second kappa shape index (κ2) is 14.6. The van der Waals surface area contributed by atoms with Crippen LogP contribution in [0.15, 0.2) is 107 Å². The first-order chi connectivity index (χ1) is 17.0. The lowest BCUT2D eigenvalue weighted by atomic mass is 10.3. The van der Waals surface area contributed by atoms with Crippen molar-refractivity contribution in [1.29, 1.82) is 0 Å². The molecule has 9 heteroatoms. The van der Waals surface area contributed by atoms with Crippen molar-refractivity contribution in [2.45, 2.75) is 16.2 Å². The Morgan fingerprint density at radius 3 is 2.09 bits per heavy atom. The lowest BCUT2D eigenvalue weighted by Gasteiger charge is -2.21. The smallest absolute Gasteiger partial charge is 0.330 e. The van der Waals surface area contributed by atoms with Gasteiger partial charge in [0, 0.05) is 32.7 Å². The van der Waals surface area contributed by atoms with Crippen molar-refractivity contribution in [3.63, 3.8) is 0 Å². The van der Waals surface area contributed by atoms with Gasteiger partial charge in [0.15, 0.2) is 0 Å². The van der Waals surface area contributed by atoms with E-state index in [1.807, 2.05) is 48.5 Å². The van der Waals surface area contributed by atoms with E-state index in [1.54, 1.807) is 34.9 Å². The van der Waals surface area contributed by atoms with Gasteiger partial charge in [0.2, 0.25) is 0 Å². The van der Waals surface area contributed by atoms with Crippen molar-refractivity contribution in [3.05, 3.63) is 97.6 Å². The summed E-state index contributed by atoms with van der Waals surface area (Å²) in [4.78, 5) is 25.3. The Bertz CT molecular complexity index is 1150. The molecule has 0 aliphatic rings. The summed E-state index contributed by atoms with van der Waals surface area (Å²) in [6, 6.07) is 28.0. The van der Waals surface area contributed by atoms with Gasteiger partial charge in [-0.25, -0.2) is 4.79 Å². The molecule has 0 fully saturated rings. The number of hydrogen-bond acceptors (Lipinski definition) is 8. The third kappa shape index (κ3) is 9.54. The zero-order valence-electron chi connectivity index (χ0n) is 18.9. The molecule has 0 saturated heterocycles. The molecule has 0 heterocycles. The van der Waals surface area contributed by atoms with Crippen LogP contribution in [0, 0.1) is 0 Å². The number of rotatable bonds is 13. The second-order valence-corrected chi connectivity index (χ2v) is 19.2. The van der Waals surface area contributed by atoms with E-state index in [-0.39, 0.29) is 12.4 Å². The highest BCUT2D eigenvalue weighted by atomic mass is 33.2. The van der Waals surface area contributed by atoms with Crippen molar-refractivity contribution >= 4 is 68.0 Å². The van der Waals surface area contributed by atoms with Gasteiger partial charge in [-0.3, -0.25) is 4.79 Å². The number of esters is 2. The first kappa shape index (κ1) is 27.6. The molecule has 3 rings (SSSR count). The van der Waals surface area contributed by atoms with Gasteiger partial charge in [0.05, 0.1) is 10.9 Å². The molecule has 3 aromatic carbocycles. The van der Waals surface area contributed by atoms with E-state index in [0.29, 0.717) is 23.9 Å². The quantitative estimate of drug-likeness (QED) is 0.0731. The zero-order valence-corrected chi connectivity index (χ0v) is 23.1. The average Bonchev–Trinajstić information content (AvgIpc) is 2.88. The summed E-state index contributed by atoms with van der Waals surface area (Å²) in [7, 11) is 0. The maximum Gasteiger partial charge on any atom is 0.330 e. The van der Waals surface area contributed by atoms with Crippen molar-refractivity contribution in [3.8, 4) is 5.75 Å².